The summed E-state index contributed by atoms with van der Waals surface area (Å²) in [4.78, 5) is 11.7. The minimum Gasteiger partial charge on any atom is -0.496 e. The van der Waals surface area contributed by atoms with Gasteiger partial charge in [-0.25, -0.2) is 0 Å². The minimum absolute atomic E-state index is 0.342. The number of hydrogen-bond donors (Lipinski definition) is 1. The number of carboxylic acid groups (broad SMARTS) is 1. The molecule has 5 heteroatoms. The molecular formula is C11H13BrO3S. The third kappa shape index (κ3) is 3.72. The average Bonchev–Trinajstić information content (AvgIpc) is 2.25. The van der Waals surface area contributed by atoms with E-state index >= 15 is 0 Å². The fraction of sp³-hybridized carbons (Fsp3) is 0.364. The Balaban J connectivity index is 2.62. The van der Waals surface area contributed by atoms with Gasteiger partial charge in [-0.1, -0.05) is 6.92 Å². The van der Waals surface area contributed by atoms with Crippen LogP contribution in [0.25, 0.3) is 0 Å². The number of benzene rings is 1. The number of thioether (sulfide) groups is 1. The van der Waals surface area contributed by atoms with Gasteiger partial charge in [0, 0.05) is 10.6 Å². The maximum absolute atomic E-state index is 10.6. The molecular weight excluding hydrogens is 292 g/mol. The van der Waals surface area contributed by atoms with E-state index in [2.05, 4.69) is 15.9 Å². The summed E-state index contributed by atoms with van der Waals surface area (Å²) < 4.78 is 5.99. The van der Waals surface area contributed by atoms with Crippen molar-refractivity contribution >= 4 is 33.7 Å². The summed E-state index contributed by atoms with van der Waals surface area (Å²) in [6, 6.07) is 5.71. The molecule has 0 saturated carbocycles. The maximum Gasteiger partial charge on any atom is 0.307 e. The van der Waals surface area contributed by atoms with Crippen molar-refractivity contribution in [3.63, 3.8) is 0 Å². The third-order valence-corrected chi connectivity index (χ3v) is 3.92. The van der Waals surface area contributed by atoms with Gasteiger partial charge >= 0.3 is 5.97 Å². The van der Waals surface area contributed by atoms with Crippen LogP contribution in [0.4, 0.5) is 0 Å². The highest BCUT2D eigenvalue weighted by molar-refractivity contribution is 9.10. The molecule has 1 aromatic rings. The number of hydrogen-bond acceptors (Lipinski definition) is 3. The summed E-state index contributed by atoms with van der Waals surface area (Å²) in [7, 11) is 1.61. The second-order valence-corrected chi connectivity index (χ2v) is 5.29. The van der Waals surface area contributed by atoms with Gasteiger partial charge in [-0.05, 0) is 34.1 Å². The highest BCUT2D eigenvalue weighted by Crippen LogP contribution is 2.30. The minimum atomic E-state index is -0.764. The van der Waals surface area contributed by atoms with Crippen LogP contribution in [0.1, 0.15) is 6.92 Å². The van der Waals surface area contributed by atoms with Crippen molar-refractivity contribution in [3.05, 3.63) is 22.7 Å². The number of rotatable bonds is 5. The molecule has 0 aliphatic heterocycles. The van der Waals surface area contributed by atoms with Gasteiger partial charge in [-0.3, -0.25) is 4.79 Å². The van der Waals surface area contributed by atoms with Crippen molar-refractivity contribution in [2.75, 3.05) is 12.9 Å². The zero-order valence-corrected chi connectivity index (χ0v) is 11.5. The molecule has 0 aliphatic rings. The van der Waals surface area contributed by atoms with Gasteiger partial charge < -0.3 is 9.84 Å². The van der Waals surface area contributed by atoms with Gasteiger partial charge in [-0.2, -0.15) is 0 Å². The van der Waals surface area contributed by atoms with Gasteiger partial charge in [0.05, 0.1) is 17.5 Å². The van der Waals surface area contributed by atoms with Gasteiger partial charge in [0.15, 0.2) is 0 Å². The van der Waals surface area contributed by atoms with Crippen LogP contribution in [-0.4, -0.2) is 23.9 Å². The van der Waals surface area contributed by atoms with E-state index in [9.17, 15) is 4.79 Å². The smallest absolute Gasteiger partial charge is 0.307 e. The number of halogens is 1. The Morgan fingerprint density at radius 2 is 2.31 bits per heavy atom. The van der Waals surface area contributed by atoms with Gasteiger partial charge in [0.25, 0.3) is 0 Å². The molecule has 0 radical (unpaired) electrons. The Kier molecular flexibility index (Phi) is 5.15. The van der Waals surface area contributed by atoms with Crippen molar-refractivity contribution in [2.24, 2.45) is 5.92 Å². The normalized spacial score (nSPS) is 12.2. The standard InChI is InChI=1S/C11H13BrO3S/c1-7(11(13)14)6-16-8-3-4-10(15-2)9(12)5-8/h3-5,7H,6H2,1-2H3,(H,13,14). The Morgan fingerprint density at radius 3 is 2.81 bits per heavy atom. The molecule has 1 atom stereocenters. The third-order valence-electron chi connectivity index (χ3n) is 2.04. The highest BCUT2D eigenvalue weighted by Gasteiger charge is 2.11. The lowest BCUT2D eigenvalue weighted by molar-refractivity contribution is -0.140. The zero-order chi connectivity index (χ0) is 12.1. The molecule has 0 amide bonds. The SMILES string of the molecule is COc1ccc(SCC(C)C(=O)O)cc1Br. The molecule has 0 saturated heterocycles. The summed E-state index contributed by atoms with van der Waals surface area (Å²) >= 11 is 4.91. The molecule has 1 rings (SSSR count). The summed E-state index contributed by atoms with van der Waals surface area (Å²) in [5, 5.41) is 8.75. The zero-order valence-electron chi connectivity index (χ0n) is 9.07. The van der Waals surface area contributed by atoms with Crippen LogP contribution >= 0.6 is 27.7 Å². The van der Waals surface area contributed by atoms with E-state index in [0.717, 1.165) is 15.1 Å². The fourth-order valence-electron chi connectivity index (χ4n) is 1.03. The van der Waals surface area contributed by atoms with Gasteiger partial charge in [0.1, 0.15) is 5.75 Å². The first-order chi connectivity index (χ1) is 7.54. The van der Waals surface area contributed by atoms with Crippen molar-refractivity contribution in [1.82, 2.24) is 0 Å². The van der Waals surface area contributed by atoms with Crippen LogP contribution in [0, 0.1) is 5.92 Å². The lowest BCUT2D eigenvalue weighted by Gasteiger charge is -2.08. The molecule has 0 bridgehead atoms. The topological polar surface area (TPSA) is 46.5 Å². The van der Waals surface area contributed by atoms with Crippen LogP contribution in [0.15, 0.2) is 27.6 Å². The predicted octanol–water partition coefficient (Wildman–Crippen LogP) is 3.27. The van der Waals surface area contributed by atoms with Crippen molar-refractivity contribution in [2.45, 2.75) is 11.8 Å². The van der Waals surface area contributed by atoms with E-state index in [-0.39, 0.29) is 5.92 Å². The van der Waals surface area contributed by atoms with E-state index in [1.54, 1.807) is 14.0 Å². The molecule has 0 heterocycles. The van der Waals surface area contributed by atoms with E-state index < -0.39 is 5.97 Å². The van der Waals surface area contributed by atoms with Crippen LogP contribution < -0.4 is 4.74 Å². The number of carbonyl (C=O) groups is 1. The van der Waals surface area contributed by atoms with Gasteiger partial charge in [0.2, 0.25) is 0 Å². The van der Waals surface area contributed by atoms with Crippen LogP contribution in [0.2, 0.25) is 0 Å². The fourth-order valence-corrected chi connectivity index (χ4v) is 2.67. The Hall–Kier alpha value is -0.680. The summed E-state index contributed by atoms with van der Waals surface area (Å²) in [5.74, 6) is 0.232. The first-order valence-electron chi connectivity index (χ1n) is 4.73. The van der Waals surface area contributed by atoms with Gasteiger partial charge in [-0.15, -0.1) is 11.8 Å². The number of ether oxygens (including phenoxy) is 1. The number of aliphatic carboxylic acids is 1. The molecule has 0 aromatic heterocycles. The Labute approximate surface area is 107 Å². The lowest BCUT2D eigenvalue weighted by atomic mass is 10.2. The number of methoxy groups -OCH3 is 1. The van der Waals surface area contributed by atoms with Crippen LogP contribution in [0.3, 0.4) is 0 Å². The molecule has 3 nitrogen and oxygen atoms in total. The summed E-state index contributed by atoms with van der Waals surface area (Å²) in [6.07, 6.45) is 0. The number of carboxylic acids is 1. The molecule has 0 fully saturated rings. The molecule has 16 heavy (non-hydrogen) atoms. The molecule has 1 aromatic carbocycles. The molecule has 1 N–H and O–H groups in total. The highest BCUT2D eigenvalue weighted by atomic mass is 79.9. The van der Waals surface area contributed by atoms with E-state index in [4.69, 9.17) is 9.84 Å². The predicted molar refractivity (Wildman–Crippen MR) is 68.2 cm³/mol. The second kappa shape index (κ2) is 6.15. The van der Waals surface area contributed by atoms with Crippen LogP contribution in [-0.2, 0) is 4.79 Å². The van der Waals surface area contributed by atoms with Crippen molar-refractivity contribution in [1.29, 1.82) is 0 Å². The summed E-state index contributed by atoms with van der Waals surface area (Å²) in [6.45, 7) is 1.70. The molecule has 0 spiro atoms. The van der Waals surface area contributed by atoms with E-state index in [1.807, 2.05) is 18.2 Å². The Bertz CT molecular complexity index is 381. The maximum atomic E-state index is 10.6. The molecule has 1 unspecified atom stereocenters. The van der Waals surface area contributed by atoms with E-state index in [0.29, 0.717) is 5.75 Å². The average molecular weight is 305 g/mol. The summed E-state index contributed by atoms with van der Waals surface area (Å²) in [5.41, 5.74) is 0. The molecule has 88 valence electrons. The largest absolute Gasteiger partial charge is 0.496 e. The quantitative estimate of drug-likeness (QED) is 0.848. The lowest BCUT2D eigenvalue weighted by Crippen LogP contribution is -2.11. The van der Waals surface area contributed by atoms with E-state index in [1.165, 1.54) is 11.8 Å². The monoisotopic (exact) mass is 304 g/mol. The Morgan fingerprint density at radius 1 is 1.62 bits per heavy atom. The first-order valence-corrected chi connectivity index (χ1v) is 6.51. The first kappa shape index (κ1) is 13.4. The van der Waals surface area contributed by atoms with Crippen molar-refractivity contribution in [3.8, 4) is 5.75 Å². The van der Waals surface area contributed by atoms with Crippen LogP contribution in [0.5, 0.6) is 5.75 Å². The van der Waals surface area contributed by atoms with Crippen molar-refractivity contribution < 1.29 is 14.6 Å². The molecule has 0 aliphatic carbocycles. The second-order valence-electron chi connectivity index (χ2n) is 3.35.